The van der Waals surface area contributed by atoms with Crippen LogP contribution in [-0.4, -0.2) is 20.7 Å². The Hall–Kier alpha value is -3.08. The Kier molecular flexibility index (Phi) is 2.89. The van der Waals surface area contributed by atoms with Crippen molar-refractivity contribution < 1.29 is 0 Å². The van der Waals surface area contributed by atoms with Gasteiger partial charge in [0.25, 0.3) is 0 Å². The van der Waals surface area contributed by atoms with Gasteiger partial charge in [0.2, 0.25) is 5.95 Å². The molecule has 0 bridgehead atoms. The maximum atomic E-state index is 4.52. The summed E-state index contributed by atoms with van der Waals surface area (Å²) < 4.78 is 1.99. The van der Waals surface area contributed by atoms with Gasteiger partial charge in [-0.25, -0.2) is 10.4 Å². The minimum Gasteiger partial charge on any atom is -0.361 e. The molecule has 5 heteroatoms. The number of hydrogen-bond acceptors (Lipinski definition) is 3. The number of aromatic amines is 1. The maximum absolute atomic E-state index is 4.52. The van der Waals surface area contributed by atoms with E-state index in [0.717, 1.165) is 33.4 Å². The van der Waals surface area contributed by atoms with Crippen LogP contribution in [0.4, 0.5) is 5.95 Å². The topological polar surface area (TPSA) is 58.0 Å². The molecule has 0 aliphatic carbocycles. The molecule has 5 nitrogen and oxygen atoms in total. The molecule has 0 unspecified atom stereocenters. The lowest BCUT2D eigenvalue weighted by Gasteiger charge is -2.00. The second-order valence-corrected chi connectivity index (χ2v) is 5.14. The SMILES string of the molecule is Cn1c(N/N=C\c2c[nH]c3ccccc23)nc2ccccc21. The van der Waals surface area contributed by atoms with Gasteiger partial charge in [-0.2, -0.15) is 5.10 Å². The van der Waals surface area contributed by atoms with Crippen LogP contribution in [-0.2, 0) is 7.05 Å². The first kappa shape index (κ1) is 12.6. The highest BCUT2D eigenvalue weighted by Gasteiger charge is 2.05. The van der Waals surface area contributed by atoms with E-state index in [9.17, 15) is 0 Å². The Balaban J connectivity index is 1.62. The molecule has 4 aromatic rings. The van der Waals surface area contributed by atoms with Crippen LogP contribution in [0.2, 0.25) is 0 Å². The number of H-pyrrole nitrogens is 1. The molecule has 22 heavy (non-hydrogen) atoms. The molecule has 2 aromatic heterocycles. The second-order valence-electron chi connectivity index (χ2n) is 5.14. The van der Waals surface area contributed by atoms with Gasteiger partial charge in [0.15, 0.2) is 0 Å². The van der Waals surface area contributed by atoms with Gasteiger partial charge in [0.1, 0.15) is 0 Å². The number of hydrogen-bond donors (Lipinski definition) is 2. The molecule has 2 heterocycles. The average Bonchev–Trinajstić information content (AvgIpc) is 3.10. The molecule has 0 aliphatic heterocycles. The van der Waals surface area contributed by atoms with Crippen molar-refractivity contribution >= 4 is 34.1 Å². The first-order valence-electron chi connectivity index (χ1n) is 7.09. The fraction of sp³-hybridized carbons (Fsp3) is 0.0588. The number of fused-ring (bicyclic) bond motifs is 2. The molecular weight excluding hydrogens is 274 g/mol. The quantitative estimate of drug-likeness (QED) is 0.448. The molecule has 0 saturated heterocycles. The van der Waals surface area contributed by atoms with Gasteiger partial charge in [0, 0.05) is 29.7 Å². The van der Waals surface area contributed by atoms with E-state index in [-0.39, 0.29) is 0 Å². The van der Waals surface area contributed by atoms with E-state index in [1.54, 1.807) is 6.21 Å². The van der Waals surface area contributed by atoms with E-state index in [0.29, 0.717) is 0 Å². The van der Waals surface area contributed by atoms with Crippen molar-refractivity contribution in [1.29, 1.82) is 0 Å². The summed E-state index contributed by atoms with van der Waals surface area (Å²) in [6, 6.07) is 16.2. The molecule has 0 atom stereocenters. The van der Waals surface area contributed by atoms with Crippen LogP contribution in [0, 0.1) is 0 Å². The number of benzene rings is 2. The largest absolute Gasteiger partial charge is 0.361 e. The van der Waals surface area contributed by atoms with Gasteiger partial charge in [-0.3, -0.25) is 0 Å². The molecular formula is C17H15N5. The van der Waals surface area contributed by atoms with Crippen LogP contribution < -0.4 is 5.43 Å². The Morgan fingerprint density at radius 3 is 2.86 bits per heavy atom. The van der Waals surface area contributed by atoms with Crippen molar-refractivity contribution in [3.05, 3.63) is 60.3 Å². The van der Waals surface area contributed by atoms with Crippen LogP contribution in [0.5, 0.6) is 0 Å². The third-order valence-electron chi connectivity index (χ3n) is 3.78. The molecule has 0 amide bonds. The second kappa shape index (κ2) is 5.04. The smallest absolute Gasteiger partial charge is 0.224 e. The number of para-hydroxylation sites is 3. The van der Waals surface area contributed by atoms with Gasteiger partial charge in [0.05, 0.1) is 17.2 Å². The fourth-order valence-corrected chi connectivity index (χ4v) is 2.61. The van der Waals surface area contributed by atoms with Crippen LogP contribution in [0.15, 0.2) is 59.8 Å². The van der Waals surface area contributed by atoms with Crippen LogP contribution in [0.3, 0.4) is 0 Å². The van der Waals surface area contributed by atoms with Crippen molar-refractivity contribution in [3.8, 4) is 0 Å². The Labute approximate surface area is 127 Å². The van der Waals surface area contributed by atoms with Gasteiger partial charge >= 0.3 is 0 Å². The van der Waals surface area contributed by atoms with Crippen molar-refractivity contribution in [3.63, 3.8) is 0 Å². The van der Waals surface area contributed by atoms with E-state index in [4.69, 9.17) is 0 Å². The lowest BCUT2D eigenvalue weighted by atomic mass is 10.2. The molecule has 0 spiro atoms. The van der Waals surface area contributed by atoms with Crippen LogP contribution >= 0.6 is 0 Å². The summed E-state index contributed by atoms with van der Waals surface area (Å²) in [6.45, 7) is 0. The number of imidazole rings is 1. The minimum absolute atomic E-state index is 0.720. The van der Waals surface area contributed by atoms with Crippen LogP contribution in [0.1, 0.15) is 5.56 Å². The zero-order valence-corrected chi connectivity index (χ0v) is 12.1. The number of aryl methyl sites for hydroxylation is 1. The van der Waals surface area contributed by atoms with Crippen molar-refractivity contribution in [2.75, 3.05) is 5.43 Å². The predicted molar refractivity (Wildman–Crippen MR) is 90.2 cm³/mol. The molecule has 4 rings (SSSR count). The molecule has 108 valence electrons. The number of aromatic nitrogens is 3. The summed E-state index contributed by atoms with van der Waals surface area (Å²) in [4.78, 5) is 7.75. The molecule has 0 aliphatic rings. The average molecular weight is 289 g/mol. The Morgan fingerprint density at radius 2 is 1.95 bits per heavy atom. The van der Waals surface area contributed by atoms with E-state index < -0.39 is 0 Å². The molecule has 0 radical (unpaired) electrons. The normalized spacial score (nSPS) is 11.7. The summed E-state index contributed by atoms with van der Waals surface area (Å²) in [5, 5.41) is 5.46. The van der Waals surface area contributed by atoms with Gasteiger partial charge in [-0.05, 0) is 18.2 Å². The predicted octanol–water partition coefficient (Wildman–Crippen LogP) is 3.50. The summed E-state index contributed by atoms with van der Waals surface area (Å²) in [6.07, 6.45) is 3.75. The van der Waals surface area contributed by atoms with Gasteiger partial charge < -0.3 is 9.55 Å². The van der Waals surface area contributed by atoms with Crippen LogP contribution in [0.25, 0.3) is 21.9 Å². The third kappa shape index (κ3) is 2.03. The first-order valence-corrected chi connectivity index (χ1v) is 7.09. The highest BCUT2D eigenvalue weighted by molar-refractivity contribution is 5.99. The number of nitrogens with one attached hydrogen (secondary N) is 2. The maximum Gasteiger partial charge on any atom is 0.224 e. The third-order valence-corrected chi connectivity index (χ3v) is 3.78. The number of rotatable bonds is 3. The first-order chi connectivity index (χ1) is 10.8. The Bertz CT molecular complexity index is 977. The van der Waals surface area contributed by atoms with E-state index in [1.807, 2.05) is 60.3 Å². The highest BCUT2D eigenvalue weighted by Crippen LogP contribution is 2.18. The monoisotopic (exact) mass is 289 g/mol. The summed E-state index contributed by atoms with van der Waals surface area (Å²) in [5.41, 5.74) is 7.19. The van der Waals surface area contributed by atoms with E-state index in [2.05, 4.69) is 26.6 Å². The van der Waals surface area contributed by atoms with Crippen molar-refractivity contribution in [2.45, 2.75) is 0 Å². The van der Waals surface area contributed by atoms with E-state index in [1.165, 1.54) is 0 Å². The van der Waals surface area contributed by atoms with Gasteiger partial charge in [-0.1, -0.05) is 30.3 Å². The zero-order chi connectivity index (χ0) is 14.9. The molecule has 2 aromatic carbocycles. The standard InChI is InChI=1S/C17H15N5/c1-22-16-9-5-4-8-15(16)20-17(22)21-19-11-12-10-18-14-7-3-2-6-13(12)14/h2-11,18H,1H3,(H,20,21)/b19-11-. The molecule has 2 N–H and O–H groups in total. The molecule has 0 fully saturated rings. The van der Waals surface area contributed by atoms with E-state index >= 15 is 0 Å². The number of nitrogens with zero attached hydrogens (tertiary/aromatic N) is 3. The summed E-state index contributed by atoms with van der Waals surface area (Å²) in [7, 11) is 1.97. The Morgan fingerprint density at radius 1 is 1.14 bits per heavy atom. The highest BCUT2D eigenvalue weighted by atomic mass is 15.4. The lowest BCUT2D eigenvalue weighted by molar-refractivity contribution is 0.943. The summed E-state index contributed by atoms with van der Waals surface area (Å²) >= 11 is 0. The van der Waals surface area contributed by atoms with Crippen molar-refractivity contribution in [1.82, 2.24) is 14.5 Å². The zero-order valence-electron chi connectivity index (χ0n) is 12.1. The lowest BCUT2D eigenvalue weighted by Crippen LogP contribution is -1.98. The molecule has 0 saturated carbocycles. The number of anilines is 1. The van der Waals surface area contributed by atoms with Gasteiger partial charge in [-0.15, -0.1) is 0 Å². The number of hydrazone groups is 1. The van der Waals surface area contributed by atoms with Crippen molar-refractivity contribution in [2.24, 2.45) is 12.1 Å². The summed E-state index contributed by atoms with van der Waals surface area (Å²) in [5.74, 6) is 0.720. The minimum atomic E-state index is 0.720. The fourth-order valence-electron chi connectivity index (χ4n) is 2.61.